The molecule has 0 atom stereocenters. The summed E-state index contributed by atoms with van der Waals surface area (Å²) in [5, 5.41) is 0. The zero-order valence-electron chi connectivity index (χ0n) is 9.19. The van der Waals surface area contributed by atoms with Crippen LogP contribution in [0.3, 0.4) is 0 Å². The van der Waals surface area contributed by atoms with Crippen LogP contribution < -0.4 is 4.72 Å². The normalized spacial score (nSPS) is 11.9. The first-order chi connectivity index (χ1) is 7.12. The van der Waals surface area contributed by atoms with E-state index >= 15 is 0 Å². The number of sulfonamides is 1. The van der Waals surface area contributed by atoms with E-state index in [0.29, 0.717) is 26.4 Å². The van der Waals surface area contributed by atoms with Crippen molar-refractivity contribution in [3.63, 3.8) is 0 Å². The van der Waals surface area contributed by atoms with Crippen LogP contribution in [0.5, 0.6) is 0 Å². The topological polar surface area (TPSA) is 73.9 Å². The van der Waals surface area contributed by atoms with Crippen LogP contribution >= 0.6 is 0 Å². The highest BCUT2D eigenvalue weighted by Gasteiger charge is 2.05. The molecule has 0 aromatic carbocycles. The Kier molecular flexibility index (Phi) is 8.92. The van der Waals surface area contributed by atoms with E-state index in [2.05, 4.69) is 4.72 Å². The molecule has 0 radical (unpaired) electrons. The average molecular weight is 241 g/mol. The first-order valence-electron chi connectivity index (χ1n) is 4.68. The van der Waals surface area contributed by atoms with Crippen molar-refractivity contribution in [3.05, 3.63) is 0 Å². The molecule has 0 fully saturated rings. The van der Waals surface area contributed by atoms with E-state index in [1.807, 2.05) is 0 Å². The maximum atomic E-state index is 10.9. The largest absolute Gasteiger partial charge is 0.382 e. The molecular weight excluding hydrogens is 222 g/mol. The fourth-order valence-electron chi connectivity index (χ4n) is 0.735. The standard InChI is InChI=1S/C8H19NO5S/c1-9-15(10,11)8-7-14-6-5-13-4-3-12-2/h9H,3-8H2,1-2H3. The van der Waals surface area contributed by atoms with Gasteiger partial charge in [0.25, 0.3) is 0 Å². The summed E-state index contributed by atoms with van der Waals surface area (Å²) < 4.78 is 39.0. The lowest BCUT2D eigenvalue weighted by Crippen LogP contribution is -2.25. The molecule has 0 bridgehead atoms. The van der Waals surface area contributed by atoms with Gasteiger partial charge in [0.15, 0.2) is 0 Å². The van der Waals surface area contributed by atoms with E-state index in [4.69, 9.17) is 14.2 Å². The highest BCUT2D eigenvalue weighted by Crippen LogP contribution is 1.85. The van der Waals surface area contributed by atoms with Crippen LogP contribution in [0.25, 0.3) is 0 Å². The Morgan fingerprint density at radius 1 is 1.00 bits per heavy atom. The van der Waals surface area contributed by atoms with E-state index in [9.17, 15) is 8.42 Å². The van der Waals surface area contributed by atoms with Gasteiger partial charge in [0.05, 0.1) is 38.8 Å². The fraction of sp³-hybridized carbons (Fsp3) is 1.00. The van der Waals surface area contributed by atoms with Gasteiger partial charge < -0.3 is 14.2 Å². The second-order valence-corrected chi connectivity index (χ2v) is 4.79. The van der Waals surface area contributed by atoms with Gasteiger partial charge in [0.2, 0.25) is 10.0 Å². The summed E-state index contributed by atoms with van der Waals surface area (Å²) in [6, 6.07) is 0. The molecule has 0 heterocycles. The van der Waals surface area contributed by atoms with Crippen LogP contribution in [0.15, 0.2) is 0 Å². The average Bonchev–Trinajstić information content (AvgIpc) is 2.22. The van der Waals surface area contributed by atoms with Gasteiger partial charge in [0.1, 0.15) is 0 Å². The molecule has 0 aromatic rings. The zero-order chi connectivity index (χ0) is 11.6. The first kappa shape index (κ1) is 14.8. The molecule has 0 spiro atoms. The molecule has 1 N–H and O–H groups in total. The molecule has 0 saturated heterocycles. The molecule has 0 aliphatic rings. The third-order valence-corrected chi connectivity index (χ3v) is 2.94. The lowest BCUT2D eigenvalue weighted by Gasteiger charge is -2.05. The van der Waals surface area contributed by atoms with Gasteiger partial charge in [-0.25, -0.2) is 13.1 Å². The highest BCUT2D eigenvalue weighted by atomic mass is 32.2. The summed E-state index contributed by atoms with van der Waals surface area (Å²) in [4.78, 5) is 0. The molecule has 92 valence electrons. The minimum absolute atomic E-state index is 0.0262. The Bertz CT molecular complexity index is 229. The lowest BCUT2D eigenvalue weighted by molar-refractivity contribution is 0.0284. The van der Waals surface area contributed by atoms with Crippen LogP contribution in [0.1, 0.15) is 0 Å². The minimum atomic E-state index is -3.16. The molecule has 0 amide bonds. The highest BCUT2D eigenvalue weighted by molar-refractivity contribution is 7.89. The monoisotopic (exact) mass is 241 g/mol. The van der Waals surface area contributed by atoms with Gasteiger partial charge in [-0.15, -0.1) is 0 Å². The first-order valence-corrected chi connectivity index (χ1v) is 6.33. The smallest absolute Gasteiger partial charge is 0.213 e. The molecule has 0 rings (SSSR count). The quantitative estimate of drug-likeness (QED) is 0.508. The Morgan fingerprint density at radius 3 is 2.07 bits per heavy atom. The minimum Gasteiger partial charge on any atom is -0.382 e. The third kappa shape index (κ3) is 10.1. The molecule has 6 nitrogen and oxygen atoms in total. The van der Waals surface area contributed by atoms with E-state index < -0.39 is 10.0 Å². The van der Waals surface area contributed by atoms with Crippen LogP contribution in [-0.2, 0) is 24.2 Å². The number of nitrogens with one attached hydrogen (secondary N) is 1. The summed E-state index contributed by atoms with van der Waals surface area (Å²) in [5.74, 6) is -0.0262. The molecular formula is C8H19NO5S. The predicted octanol–water partition coefficient (Wildman–Crippen LogP) is -0.785. The number of methoxy groups -OCH3 is 1. The van der Waals surface area contributed by atoms with E-state index in [0.717, 1.165) is 0 Å². The molecule has 15 heavy (non-hydrogen) atoms. The van der Waals surface area contributed by atoms with Crippen LogP contribution in [0.2, 0.25) is 0 Å². The van der Waals surface area contributed by atoms with Crippen molar-refractivity contribution in [2.45, 2.75) is 0 Å². The van der Waals surface area contributed by atoms with E-state index in [1.165, 1.54) is 7.05 Å². The Hall–Kier alpha value is -0.210. The van der Waals surface area contributed by atoms with Crippen molar-refractivity contribution in [3.8, 4) is 0 Å². The molecule has 0 aromatic heterocycles. The Labute approximate surface area is 90.9 Å². The van der Waals surface area contributed by atoms with Crippen LogP contribution in [0.4, 0.5) is 0 Å². The van der Waals surface area contributed by atoms with E-state index in [1.54, 1.807) is 7.11 Å². The third-order valence-electron chi connectivity index (χ3n) is 1.61. The van der Waals surface area contributed by atoms with Crippen LogP contribution in [0, 0.1) is 0 Å². The maximum absolute atomic E-state index is 10.9. The molecule has 0 aliphatic heterocycles. The summed E-state index contributed by atoms with van der Waals surface area (Å²) in [6.45, 7) is 2.09. The van der Waals surface area contributed by atoms with Crippen molar-refractivity contribution >= 4 is 10.0 Å². The molecule has 0 saturated carbocycles. The zero-order valence-corrected chi connectivity index (χ0v) is 10.0. The number of ether oxygens (including phenoxy) is 3. The molecule has 0 unspecified atom stereocenters. The lowest BCUT2D eigenvalue weighted by atomic mass is 10.7. The van der Waals surface area contributed by atoms with Crippen molar-refractivity contribution < 1.29 is 22.6 Å². The summed E-state index contributed by atoms with van der Waals surface area (Å²) in [7, 11) is -0.179. The maximum Gasteiger partial charge on any atom is 0.213 e. The summed E-state index contributed by atoms with van der Waals surface area (Å²) >= 11 is 0. The summed E-state index contributed by atoms with van der Waals surface area (Å²) in [6.07, 6.45) is 0. The Morgan fingerprint density at radius 2 is 1.53 bits per heavy atom. The SMILES string of the molecule is CNS(=O)(=O)CCOCCOCCOC. The second-order valence-electron chi connectivity index (χ2n) is 2.74. The van der Waals surface area contributed by atoms with Gasteiger partial charge in [0, 0.05) is 7.11 Å². The number of hydrogen-bond acceptors (Lipinski definition) is 5. The van der Waals surface area contributed by atoms with Gasteiger partial charge in [-0.1, -0.05) is 0 Å². The van der Waals surface area contributed by atoms with Gasteiger partial charge in [-0.2, -0.15) is 0 Å². The number of rotatable bonds is 10. The second kappa shape index (κ2) is 9.05. The van der Waals surface area contributed by atoms with Crippen molar-refractivity contribution in [2.75, 3.05) is 52.9 Å². The fourth-order valence-corrected chi connectivity index (χ4v) is 1.28. The van der Waals surface area contributed by atoms with Gasteiger partial charge >= 0.3 is 0 Å². The van der Waals surface area contributed by atoms with Crippen molar-refractivity contribution in [1.82, 2.24) is 4.72 Å². The van der Waals surface area contributed by atoms with Crippen LogP contribution in [-0.4, -0.2) is 61.4 Å². The van der Waals surface area contributed by atoms with Crippen molar-refractivity contribution in [2.24, 2.45) is 0 Å². The number of hydrogen-bond donors (Lipinski definition) is 1. The van der Waals surface area contributed by atoms with E-state index in [-0.39, 0.29) is 12.4 Å². The van der Waals surface area contributed by atoms with Gasteiger partial charge in [-0.3, -0.25) is 0 Å². The summed E-state index contributed by atoms with van der Waals surface area (Å²) in [5.41, 5.74) is 0. The molecule has 0 aliphatic carbocycles. The van der Waals surface area contributed by atoms with Gasteiger partial charge in [-0.05, 0) is 7.05 Å². The predicted molar refractivity (Wildman–Crippen MR) is 56.4 cm³/mol. The van der Waals surface area contributed by atoms with Crippen molar-refractivity contribution in [1.29, 1.82) is 0 Å². The molecule has 7 heteroatoms. The Balaban J connectivity index is 3.19.